The molecule has 0 amide bonds. The Morgan fingerprint density at radius 3 is 2.27 bits per heavy atom. The van der Waals surface area contributed by atoms with Gasteiger partial charge in [-0.1, -0.05) is 0 Å². The minimum Gasteiger partial charge on any atom is -0.508 e. The van der Waals surface area contributed by atoms with Gasteiger partial charge in [-0.15, -0.1) is 0 Å². The van der Waals surface area contributed by atoms with E-state index in [1.807, 2.05) is 20.8 Å². The summed E-state index contributed by atoms with van der Waals surface area (Å²) in [4.78, 5) is 14.6. The maximum absolute atomic E-state index is 12.5. The fraction of sp³-hybridized carbons (Fsp3) is 0.500. The van der Waals surface area contributed by atoms with E-state index in [0.29, 0.717) is 11.4 Å². The molecular weight excluding hydrogens is 278 g/mol. The van der Waals surface area contributed by atoms with Gasteiger partial charge in [-0.05, 0) is 64.5 Å². The summed E-state index contributed by atoms with van der Waals surface area (Å²) in [5.41, 5.74) is 0.413. The second-order valence-electron chi connectivity index (χ2n) is 6.78. The number of phenols is 1. The first-order chi connectivity index (χ1) is 10.3. The summed E-state index contributed by atoms with van der Waals surface area (Å²) < 4.78 is 5.79. The van der Waals surface area contributed by atoms with Crippen molar-refractivity contribution in [3.05, 3.63) is 42.3 Å². The Bertz CT molecular complexity index is 534. The zero-order valence-electron chi connectivity index (χ0n) is 13.6. The van der Waals surface area contributed by atoms with Gasteiger partial charge in [0, 0.05) is 24.6 Å². The predicted octanol–water partition coefficient (Wildman–Crippen LogP) is 3.57. The second-order valence-corrected chi connectivity index (χ2v) is 6.78. The van der Waals surface area contributed by atoms with Crippen LogP contribution < -0.4 is 0 Å². The summed E-state index contributed by atoms with van der Waals surface area (Å²) in [6.07, 6.45) is 1.60. The number of nitrogens with zero attached hydrogens (tertiary/aromatic N) is 1. The smallest absolute Gasteiger partial charge is 0.182 e. The Labute approximate surface area is 132 Å². The highest BCUT2D eigenvalue weighted by Crippen LogP contribution is 2.26. The number of hydrogen-bond acceptors (Lipinski definition) is 4. The summed E-state index contributed by atoms with van der Waals surface area (Å²) >= 11 is 0. The van der Waals surface area contributed by atoms with E-state index in [9.17, 15) is 9.90 Å². The second kappa shape index (κ2) is 6.42. The Hall–Kier alpha value is -1.97. The summed E-state index contributed by atoms with van der Waals surface area (Å²) in [5, 5.41) is 9.30. The average molecular weight is 303 g/mol. The van der Waals surface area contributed by atoms with Crippen LogP contribution in [0.3, 0.4) is 0 Å². The first-order valence-corrected chi connectivity index (χ1v) is 7.72. The van der Waals surface area contributed by atoms with E-state index in [4.69, 9.17) is 4.74 Å². The van der Waals surface area contributed by atoms with Gasteiger partial charge >= 0.3 is 0 Å². The lowest BCUT2D eigenvalue weighted by Gasteiger charge is -2.36. The molecule has 0 aliphatic carbocycles. The van der Waals surface area contributed by atoms with Crippen molar-refractivity contribution >= 4 is 5.78 Å². The predicted molar refractivity (Wildman–Crippen MR) is 86.7 cm³/mol. The number of aromatic hydroxyl groups is 1. The summed E-state index contributed by atoms with van der Waals surface area (Å²) in [6.45, 7) is 11.6. The standard InChI is InChI=1S/C18H25NO3/c1-13(22-18(2,3)4)19-11-9-15(10-12-19)17(21)14-5-7-16(20)8-6-14/h5-8,15,20H,1,9-12H2,2-4H3. The third-order valence-corrected chi connectivity index (χ3v) is 3.79. The molecule has 1 fully saturated rings. The molecule has 1 heterocycles. The van der Waals surface area contributed by atoms with Crippen molar-refractivity contribution in [3.63, 3.8) is 0 Å². The van der Waals surface area contributed by atoms with Gasteiger partial charge in [0.1, 0.15) is 11.4 Å². The van der Waals surface area contributed by atoms with E-state index < -0.39 is 0 Å². The number of ether oxygens (including phenoxy) is 1. The number of hydrogen-bond donors (Lipinski definition) is 1. The zero-order valence-corrected chi connectivity index (χ0v) is 13.6. The van der Waals surface area contributed by atoms with Crippen LogP contribution in [0.15, 0.2) is 36.7 Å². The largest absolute Gasteiger partial charge is 0.508 e. The third-order valence-electron chi connectivity index (χ3n) is 3.79. The molecule has 1 aliphatic heterocycles. The van der Waals surface area contributed by atoms with Gasteiger partial charge in [0.05, 0.1) is 0 Å². The minimum atomic E-state index is -0.254. The third kappa shape index (κ3) is 4.26. The number of phenolic OH excluding ortho intramolecular Hbond substituents is 1. The van der Waals surface area contributed by atoms with Crippen LogP contribution in [-0.4, -0.2) is 34.5 Å². The lowest BCUT2D eigenvalue weighted by Crippen LogP contribution is -2.38. The van der Waals surface area contributed by atoms with Crippen LogP contribution in [0.1, 0.15) is 44.0 Å². The molecule has 4 heteroatoms. The molecule has 22 heavy (non-hydrogen) atoms. The van der Waals surface area contributed by atoms with E-state index >= 15 is 0 Å². The van der Waals surface area contributed by atoms with Crippen molar-refractivity contribution in [1.82, 2.24) is 4.90 Å². The molecule has 0 saturated carbocycles. The van der Waals surface area contributed by atoms with Crippen molar-refractivity contribution in [3.8, 4) is 5.75 Å². The van der Waals surface area contributed by atoms with Gasteiger partial charge in [0.25, 0.3) is 0 Å². The SMILES string of the molecule is C=C(OC(C)(C)C)N1CCC(C(=O)c2ccc(O)cc2)CC1. The summed E-state index contributed by atoms with van der Waals surface area (Å²) in [7, 11) is 0. The van der Waals surface area contributed by atoms with Crippen molar-refractivity contribution in [2.75, 3.05) is 13.1 Å². The molecule has 0 spiro atoms. The average Bonchev–Trinajstić information content (AvgIpc) is 2.46. The Morgan fingerprint density at radius 1 is 1.23 bits per heavy atom. The maximum atomic E-state index is 12.5. The van der Waals surface area contributed by atoms with E-state index in [2.05, 4.69) is 11.5 Å². The maximum Gasteiger partial charge on any atom is 0.182 e. The topological polar surface area (TPSA) is 49.8 Å². The number of carbonyl (C=O) groups is 1. The molecule has 1 aromatic rings. The molecule has 0 unspecified atom stereocenters. The molecule has 120 valence electrons. The highest BCUT2D eigenvalue weighted by Gasteiger charge is 2.27. The molecule has 0 aromatic heterocycles. The van der Waals surface area contributed by atoms with Gasteiger partial charge in [-0.25, -0.2) is 0 Å². The van der Waals surface area contributed by atoms with Crippen LogP contribution in [0.5, 0.6) is 5.75 Å². The van der Waals surface area contributed by atoms with Gasteiger partial charge < -0.3 is 14.7 Å². The first-order valence-electron chi connectivity index (χ1n) is 7.72. The van der Waals surface area contributed by atoms with Crippen molar-refractivity contribution < 1.29 is 14.6 Å². The Morgan fingerprint density at radius 2 is 1.77 bits per heavy atom. The van der Waals surface area contributed by atoms with Gasteiger partial charge in [-0.2, -0.15) is 0 Å². The quantitative estimate of drug-likeness (QED) is 0.682. The molecule has 0 radical (unpaired) electrons. The molecule has 1 saturated heterocycles. The number of carbonyl (C=O) groups excluding carboxylic acids is 1. The molecular formula is C18H25NO3. The van der Waals surface area contributed by atoms with Gasteiger partial charge in [-0.3, -0.25) is 4.79 Å². The lowest BCUT2D eigenvalue weighted by atomic mass is 9.89. The number of likely N-dealkylation sites (tertiary alicyclic amines) is 1. The number of Topliss-reactive ketones (excluding diaryl/α,β-unsaturated/α-hetero) is 1. The number of piperidine rings is 1. The molecule has 0 atom stereocenters. The van der Waals surface area contributed by atoms with E-state index in [1.54, 1.807) is 24.3 Å². The fourth-order valence-corrected chi connectivity index (χ4v) is 2.67. The summed E-state index contributed by atoms with van der Waals surface area (Å²) in [6, 6.07) is 6.49. The van der Waals surface area contributed by atoms with Gasteiger partial charge in [0.15, 0.2) is 11.7 Å². The molecule has 4 nitrogen and oxygen atoms in total. The number of ketones is 1. The van der Waals surface area contributed by atoms with Crippen LogP contribution in [-0.2, 0) is 4.74 Å². The molecule has 2 rings (SSSR count). The fourth-order valence-electron chi connectivity index (χ4n) is 2.67. The van der Waals surface area contributed by atoms with Gasteiger partial charge in [0.2, 0.25) is 0 Å². The van der Waals surface area contributed by atoms with Crippen LogP contribution in [0, 0.1) is 5.92 Å². The number of benzene rings is 1. The van der Waals surface area contributed by atoms with Crippen molar-refractivity contribution in [2.24, 2.45) is 5.92 Å². The van der Waals surface area contributed by atoms with Crippen molar-refractivity contribution in [1.29, 1.82) is 0 Å². The van der Waals surface area contributed by atoms with E-state index in [0.717, 1.165) is 25.9 Å². The first kappa shape index (κ1) is 16.4. The highest BCUT2D eigenvalue weighted by molar-refractivity contribution is 5.98. The number of rotatable bonds is 4. The van der Waals surface area contributed by atoms with Crippen LogP contribution >= 0.6 is 0 Å². The van der Waals surface area contributed by atoms with Crippen LogP contribution in [0.4, 0.5) is 0 Å². The van der Waals surface area contributed by atoms with Crippen LogP contribution in [0.2, 0.25) is 0 Å². The van der Waals surface area contributed by atoms with E-state index in [1.165, 1.54) is 0 Å². The Balaban J connectivity index is 1.90. The minimum absolute atomic E-state index is 0.0308. The molecule has 0 bridgehead atoms. The van der Waals surface area contributed by atoms with Crippen LogP contribution in [0.25, 0.3) is 0 Å². The highest BCUT2D eigenvalue weighted by atomic mass is 16.5. The summed E-state index contributed by atoms with van der Waals surface area (Å²) in [5.74, 6) is 1.05. The molecule has 1 N–H and O–H groups in total. The monoisotopic (exact) mass is 303 g/mol. The van der Waals surface area contributed by atoms with E-state index in [-0.39, 0.29) is 23.1 Å². The molecule has 1 aromatic carbocycles. The molecule has 1 aliphatic rings. The normalized spacial score (nSPS) is 16.4. The zero-order chi connectivity index (χ0) is 16.3. The lowest BCUT2D eigenvalue weighted by molar-refractivity contribution is -0.00497. The Kier molecular flexibility index (Phi) is 4.79. The van der Waals surface area contributed by atoms with Crippen molar-refractivity contribution in [2.45, 2.75) is 39.2 Å².